The van der Waals surface area contributed by atoms with Crippen molar-refractivity contribution in [3.8, 4) is 0 Å². The van der Waals surface area contributed by atoms with Crippen LogP contribution in [-0.2, 0) is 19.6 Å². The highest BCUT2D eigenvalue weighted by Gasteiger charge is 2.27. The number of hydrogen-bond donors (Lipinski definition) is 2. The Morgan fingerprint density at radius 1 is 1.20 bits per heavy atom. The van der Waals surface area contributed by atoms with Crippen LogP contribution in [0.5, 0.6) is 0 Å². The van der Waals surface area contributed by atoms with Gasteiger partial charge in [-0.2, -0.15) is 0 Å². The highest BCUT2D eigenvalue weighted by Crippen LogP contribution is 2.17. The normalized spacial score (nSPS) is 15.7. The molecule has 1 aromatic carbocycles. The number of rotatable bonds is 5. The van der Waals surface area contributed by atoms with Crippen LogP contribution in [0.2, 0.25) is 0 Å². The highest BCUT2D eigenvalue weighted by molar-refractivity contribution is 7.89. The van der Waals surface area contributed by atoms with Crippen molar-refractivity contribution in [2.45, 2.75) is 37.6 Å². The second-order valence-electron chi connectivity index (χ2n) is 5.79. The van der Waals surface area contributed by atoms with E-state index in [-0.39, 0.29) is 22.9 Å². The number of nitrogens with zero attached hydrogens (tertiary/aromatic N) is 1. The van der Waals surface area contributed by atoms with E-state index in [2.05, 4.69) is 10.0 Å². The van der Waals surface area contributed by atoms with Crippen molar-refractivity contribution in [1.29, 1.82) is 0 Å². The van der Waals surface area contributed by atoms with Gasteiger partial charge in [0.15, 0.2) is 0 Å². The van der Waals surface area contributed by atoms with Crippen LogP contribution >= 0.6 is 0 Å². The summed E-state index contributed by atoms with van der Waals surface area (Å²) in [7, 11) is -3.65. The summed E-state index contributed by atoms with van der Waals surface area (Å²) in [5, 5.41) is 2.59. The lowest BCUT2D eigenvalue weighted by Crippen LogP contribution is -2.46. The summed E-state index contributed by atoms with van der Waals surface area (Å²) in [4.78, 5) is 24.4. The number of benzene rings is 1. The summed E-state index contributed by atoms with van der Waals surface area (Å²) in [6, 6.07) is 5.74. The van der Waals surface area contributed by atoms with Gasteiger partial charge in [0.05, 0.1) is 11.5 Å². The van der Waals surface area contributed by atoms with Crippen molar-refractivity contribution in [2.75, 3.05) is 25.0 Å². The Morgan fingerprint density at radius 2 is 1.80 bits per heavy atom. The molecule has 1 aromatic rings. The van der Waals surface area contributed by atoms with E-state index in [1.165, 1.54) is 19.1 Å². The van der Waals surface area contributed by atoms with Gasteiger partial charge in [-0.3, -0.25) is 4.79 Å². The monoisotopic (exact) mass is 369 g/mol. The molecular weight excluding hydrogens is 346 g/mol. The van der Waals surface area contributed by atoms with E-state index in [0.717, 1.165) is 0 Å². The zero-order chi connectivity index (χ0) is 18.4. The molecule has 1 aliphatic rings. The lowest BCUT2D eigenvalue weighted by Gasteiger charge is -2.31. The fraction of sp³-hybridized carbons (Fsp3) is 0.500. The number of ether oxygens (including phenoxy) is 1. The van der Waals surface area contributed by atoms with Crippen molar-refractivity contribution in [3.05, 3.63) is 24.3 Å². The van der Waals surface area contributed by atoms with Gasteiger partial charge in [-0.05, 0) is 44.0 Å². The molecule has 8 nitrogen and oxygen atoms in total. The van der Waals surface area contributed by atoms with Crippen LogP contribution in [-0.4, -0.2) is 51.1 Å². The summed E-state index contributed by atoms with van der Waals surface area (Å²) in [5.41, 5.74) is 0.536. The molecule has 2 amide bonds. The second-order valence-corrected chi connectivity index (χ2v) is 7.50. The van der Waals surface area contributed by atoms with Crippen molar-refractivity contribution in [1.82, 2.24) is 9.62 Å². The Labute approximate surface area is 147 Å². The molecule has 0 atom stereocenters. The van der Waals surface area contributed by atoms with Crippen LogP contribution < -0.4 is 10.0 Å². The molecule has 1 heterocycles. The Kier molecular flexibility index (Phi) is 6.38. The minimum Gasteiger partial charge on any atom is -0.450 e. The smallest absolute Gasteiger partial charge is 0.409 e. The molecule has 0 bridgehead atoms. The molecule has 0 radical (unpaired) electrons. The molecule has 0 saturated carbocycles. The first kappa shape index (κ1) is 19.2. The van der Waals surface area contributed by atoms with E-state index in [1.807, 2.05) is 0 Å². The number of sulfonamides is 1. The first-order valence-electron chi connectivity index (χ1n) is 8.13. The lowest BCUT2D eigenvalue weighted by molar-refractivity contribution is -0.114. The number of anilines is 1. The SMILES string of the molecule is CCOC(=O)N1CCC(NS(=O)(=O)c2ccc(NC(C)=O)cc2)CC1. The number of carbonyl (C=O) groups is 2. The Bertz CT molecular complexity index is 710. The molecule has 0 spiro atoms. The van der Waals surface area contributed by atoms with E-state index < -0.39 is 10.0 Å². The molecule has 9 heteroatoms. The van der Waals surface area contributed by atoms with Gasteiger partial charge < -0.3 is 15.0 Å². The number of piperidine rings is 1. The maximum atomic E-state index is 12.4. The predicted octanol–water partition coefficient (Wildman–Crippen LogP) is 1.54. The van der Waals surface area contributed by atoms with Crippen LogP contribution in [0.4, 0.5) is 10.5 Å². The first-order chi connectivity index (χ1) is 11.8. The number of hydrogen-bond acceptors (Lipinski definition) is 5. The van der Waals surface area contributed by atoms with Crippen molar-refractivity contribution >= 4 is 27.7 Å². The predicted molar refractivity (Wildman–Crippen MR) is 92.7 cm³/mol. The van der Waals surface area contributed by atoms with E-state index in [9.17, 15) is 18.0 Å². The number of carbonyl (C=O) groups excluding carboxylic acids is 2. The third-order valence-electron chi connectivity index (χ3n) is 3.83. The minimum atomic E-state index is -3.65. The van der Waals surface area contributed by atoms with Gasteiger partial charge >= 0.3 is 6.09 Å². The Morgan fingerprint density at radius 3 is 2.32 bits per heavy atom. The topological polar surface area (TPSA) is 105 Å². The summed E-state index contributed by atoms with van der Waals surface area (Å²) >= 11 is 0. The van der Waals surface area contributed by atoms with E-state index in [1.54, 1.807) is 24.0 Å². The molecule has 2 N–H and O–H groups in total. The van der Waals surface area contributed by atoms with Crippen LogP contribution in [0.3, 0.4) is 0 Å². The van der Waals surface area contributed by atoms with Gasteiger partial charge in [-0.15, -0.1) is 0 Å². The summed E-state index contributed by atoms with van der Waals surface area (Å²) in [5.74, 6) is -0.220. The van der Waals surface area contributed by atoms with E-state index in [4.69, 9.17) is 4.74 Å². The molecule has 0 aliphatic carbocycles. The average molecular weight is 369 g/mol. The van der Waals surface area contributed by atoms with Crippen LogP contribution in [0.1, 0.15) is 26.7 Å². The zero-order valence-corrected chi connectivity index (χ0v) is 15.1. The molecule has 0 unspecified atom stereocenters. The highest BCUT2D eigenvalue weighted by atomic mass is 32.2. The second kappa shape index (κ2) is 8.30. The van der Waals surface area contributed by atoms with Crippen LogP contribution in [0, 0.1) is 0 Å². The van der Waals surface area contributed by atoms with Crippen molar-refractivity contribution < 1.29 is 22.7 Å². The van der Waals surface area contributed by atoms with Crippen LogP contribution in [0.15, 0.2) is 29.2 Å². The number of likely N-dealkylation sites (tertiary alicyclic amines) is 1. The summed E-state index contributed by atoms with van der Waals surface area (Å²) < 4.78 is 32.5. The molecule has 25 heavy (non-hydrogen) atoms. The third-order valence-corrected chi connectivity index (χ3v) is 5.36. The average Bonchev–Trinajstić information content (AvgIpc) is 2.55. The van der Waals surface area contributed by atoms with Gasteiger partial charge in [0.1, 0.15) is 0 Å². The lowest BCUT2D eigenvalue weighted by atomic mass is 10.1. The largest absolute Gasteiger partial charge is 0.450 e. The summed E-state index contributed by atoms with van der Waals surface area (Å²) in [6.45, 7) is 4.35. The Balaban J connectivity index is 1.93. The number of amides is 2. The molecular formula is C16H23N3O5S. The Hall–Kier alpha value is -2.13. The van der Waals surface area contributed by atoms with Gasteiger partial charge in [-0.1, -0.05) is 0 Å². The maximum Gasteiger partial charge on any atom is 0.409 e. The van der Waals surface area contributed by atoms with Gasteiger partial charge in [0.2, 0.25) is 15.9 Å². The van der Waals surface area contributed by atoms with Crippen LogP contribution in [0.25, 0.3) is 0 Å². The summed E-state index contributed by atoms with van der Waals surface area (Å²) in [6.07, 6.45) is 0.696. The third kappa shape index (κ3) is 5.43. The fourth-order valence-electron chi connectivity index (χ4n) is 2.60. The van der Waals surface area contributed by atoms with E-state index in [0.29, 0.717) is 38.2 Å². The van der Waals surface area contributed by atoms with Gasteiger partial charge in [0, 0.05) is 31.7 Å². The molecule has 1 fully saturated rings. The number of nitrogens with one attached hydrogen (secondary N) is 2. The van der Waals surface area contributed by atoms with Gasteiger partial charge in [-0.25, -0.2) is 17.9 Å². The molecule has 138 valence electrons. The quantitative estimate of drug-likeness (QED) is 0.819. The molecule has 1 aliphatic heterocycles. The standard InChI is InChI=1S/C16H23N3O5S/c1-3-24-16(21)19-10-8-14(9-11-19)18-25(22,23)15-6-4-13(5-7-15)17-12(2)20/h4-7,14,18H,3,8-11H2,1-2H3,(H,17,20). The molecule has 2 rings (SSSR count). The fourth-order valence-corrected chi connectivity index (χ4v) is 3.91. The first-order valence-corrected chi connectivity index (χ1v) is 9.62. The van der Waals surface area contributed by atoms with Gasteiger partial charge in [0.25, 0.3) is 0 Å². The van der Waals surface area contributed by atoms with E-state index >= 15 is 0 Å². The van der Waals surface area contributed by atoms with Crippen molar-refractivity contribution in [2.24, 2.45) is 0 Å². The molecule has 0 aromatic heterocycles. The zero-order valence-electron chi connectivity index (χ0n) is 14.3. The maximum absolute atomic E-state index is 12.4. The molecule has 1 saturated heterocycles. The minimum absolute atomic E-state index is 0.134. The van der Waals surface area contributed by atoms with Crippen molar-refractivity contribution in [3.63, 3.8) is 0 Å².